The van der Waals surface area contributed by atoms with E-state index in [9.17, 15) is 13.5 Å². The van der Waals surface area contributed by atoms with E-state index < -0.39 is 15.4 Å². The standard InChI is InChI=1S/C8H16O3S/c1-8(2,9)5-7-3-4-12(10,11)6-7/h7,9H,3-6H2,1-2H3. The lowest BCUT2D eigenvalue weighted by atomic mass is 9.93. The lowest BCUT2D eigenvalue weighted by Gasteiger charge is -2.20. The van der Waals surface area contributed by atoms with Gasteiger partial charge >= 0.3 is 0 Å². The van der Waals surface area contributed by atoms with Crippen LogP contribution in [0, 0.1) is 5.92 Å². The molecular formula is C8H16O3S. The SMILES string of the molecule is CC(C)(O)CC1CCS(=O)(=O)C1. The predicted molar refractivity (Wildman–Crippen MR) is 47.7 cm³/mol. The molecule has 1 N–H and O–H groups in total. The number of aliphatic hydroxyl groups is 1. The van der Waals surface area contributed by atoms with Crippen molar-refractivity contribution in [2.45, 2.75) is 32.3 Å². The first-order chi connectivity index (χ1) is 5.29. The maximum Gasteiger partial charge on any atom is 0.150 e. The molecule has 72 valence electrons. The number of hydrogen-bond acceptors (Lipinski definition) is 3. The van der Waals surface area contributed by atoms with Crippen molar-refractivity contribution in [3.63, 3.8) is 0 Å². The minimum Gasteiger partial charge on any atom is -0.390 e. The van der Waals surface area contributed by atoms with Gasteiger partial charge < -0.3 is 5.11 Å². The van der Waals surface area contributed by atoms with Gasteiger partial charge in [0.15, 0.2) is 9.84 Å². The fourth-order valence-corrected chi connectivity index (χ4v) is 3.60. The summed E-state index contributed by atoms with van der Waals surface area (Å²) in [6.45, 7) is 3.44. The van der Waals surface area contributed by atoms with Gasteiger partial charge in [-0.1, -0.05) is 0 Å². The van der Waals surface area contributed by atoms with Gasteiger partial charge in [-0.3, -0.25) is 0 Å². The summed E-state index contributed by atoms with van der Waals surface area (Å²) in [7, 11) is -2.78. The second-order valence-electron chi connectivity index (χ2n) is 4.29. The van der Waals surface area contributed by atoms with Crippen LogP contribution in [0.1, 0.15) is 26.7 Å². The van der Waals surface area contributed by atoms with Crippen LogP contribution in [0.25, 0.3) is 0 Å². The Morgan fingerprint density at radius 2 is 2.08 bits per heavy atom. The van der Waals surface area contributed by atoms with Crippen LogP contribution in [0.2, 0.25) is 0 Å². The topological polar surface area (TPSA) is 54.4 Å². The maximum atomic E-state index is 11.0. The molecule has 12 heavy (non-hydrogen) atoms. The molecule has 1 saturated heterocycles. The van der Waals surface area contributed by atoms with Crippen LogP contribution in [-0.4, -0.2) is 30.6 Å². The van der Waals surface area contributed by atoms with Crippen LogP contribution in [-0.2, 0) is 9.84 Å². The van der Waals surface area contributed by atoms with E-state index in [4.69, 9.17) is 0 Å². The highest BCUT2D eigenvalue weighted by Gasteiger charge is 2.31. The van der Waals surface area contributed by atoms with Gasteiger partial charge in [0.2, 0.25) is 0 Å². The Kier molecular flexibility index (Phi) is 2.50. The van der Waals surface area contributed by atoms with Gasteiger partial charge in [-0.2, -0.15) is 0 Å². The molecule has 4 heteroatoms. The summed E-state index contributed by atoms with van der Waals surface area (Å²) < 4.78 is 22.1. The summed E-state index contributed by atoms with van der Waals surface area (Å²) in [5.41, 5.74) is -0.732. The molecule has 1 heterocycles. The second kappa shape index (κ2) is 3.00. The van der Waals surface area contributed by atoms with E-state index in [1.165, 1.54) is 0 Å². The Balaban J connectivity index is 2.49. The average Bonchev–Trinajstić information content (AvgIpc) is 2.05. The second-order valence-corrected chi connectivity index (χ2v) is 6.51. The Morgan fingerprint density at radius 1 is 1.50 bits per heavy atom. The Hall–Kier alpha value is -0.0900. The summed E-state index contributed by atoms with van der Waals surface area (Å²) in [6, 6.07) is 0. The quantitative estimate of drug-likeness (QED) is 0.696. The van der Waals surface area contributed by atoms with E-state index >= 15 is 0 Å². The molecule has 0 aromatic heterocycles. The zero-order chi connectivity index (χ0) is 9.41. The first-order valence-corrected chi connectivity index (χ1v) is 6.03. The molecule has 0 aliphatic carbocycles. The van der Waals surface area contributed by atoms with Gasteiger partial charge in [0, 0.05) is 0 Å². The van der Waals surface area contributed by atoms with Crippen molar-refractivity contribution in [3.05, 3.63) is 0 Å². The third kappa shape index (κ3) is 3.11. The molecule has 0 radical (unpaired) electrons. The zero-order valence-electron chi connectivity index (χ0n) is 7.58. The van der Waals surface area contributed by atoms with Crippen molar-refractivity contribution in [2.75, 3.05) is 11.5 Å². The fraction of sp³-hybridized carbons (Fsp3) is 1.00. The highest BCUT2D eigenvalue weighted by molar-refractivity contribution is 7.91. The van der Waals surface area contributed by atoms with E-state index in [0.717, 1.165) is 0 Å². The highest BCUT2D eigenvalue weighted by atomic mass is 32.2. The third-order valence-electron chi connectivity index (χ3n) is 2.11. The van der Waals surface area contributed by atoms with Gasteiger partial charge in [-0.05, 0) is 32.6 Å². The lowest BCUT2D eigenvalue weighted by Crippen LogP contribution is -2.23. The average molecular weight is 192 g/mol. The summed E-state index contributed by atoms with van der Waals surface area (Å²) in [4.78, 5) is 0. The van der Waals surface area contributed by atoms with Crippen LogP contribution < -0.4 is 0 Å². The normalized spacial score (nSPS) is 29.1. The largest absolute Gasteiger partial charge is 0.390 e. The van der Waals surface area contributed by atoms with Gasteiger partial charge in [0.05, 0.1) is 17.1 Å². The van der Waals surface area contributed by atoms with Crippen LogP contribution in [0.3, 0.4) is 0 Å². The molecule has 0 amide bonds. The van der Waals surface area contributed by atoms with Crippen molar-refractivity contribution in [3.8, 4) is 0 Å². The van der Waals surface area contributed by atoms with Crippen molar-refractivity contribution in [1.29, 1.82) is 0 Å². The molecule has 0 aromatic carbocycles. The maximum absolute atomic E-state index is 11.0. The Labute approximate surface area is 73.7 Å². The molecule has 0 spiro atoms. The fourth-order valence-electron chi connectivity index (χ4n) is 1.74. The summed E-state index contributed by atoms with van der Waals surface area (Å²) >= 11 is 0. The van der Waals surface area contributed by atoms with Crippen LogP contribution in [0.5, 0.6) is 0 Å². The lowest BCUT2D eigenvalue weighted by molar-refractivity contribution is 0.0563. The predicted octanol–water partition coefficient (Wildman–Crippen LogP) is 0.582. The molecule has 1 unspecified atom stereocenters. The number of sulfone groups is 1. The molecule has 0 bridgehead atoms. The van der Waals surface area contributed by atoms with E-state index in [-0.39, 0.29) is 11.7 Å². The number of rotatable bonds is 2. The zero-order valence-corrected chi connectivity index (χ0v) is 8.39. The van der Waals surface area contributed by atoms with E-state index in [1.54, 1.807) is 13.8 Å². The van der Waals surface area contributed by atoms with Gasteiger partial charge in [0.25, 0.3) is 0 Å². The van der Waals surface area contributed by atoms with Crippen LogP contribution in [0.4, 0.5) is 0 Å². The van der Waals surface area contributed by atoms with Crippen molar-refractivity contribution in [1.82, 2.24) is 0 Å². The molecule has 1 atom stereocenters. The first kappa shape index (κ1) is 9.99. The molecule has 1 rings (SSSR count). The molecule has 1 aliphatic heterocycles. The minimum atomic E-state index is -2.78. The minimum absolute atomic E-state index is 0.162. The highest BCUT2D eigenvalue weighted by Crippen LogP contribution is 2.26. The molecule has 1 aliphatic rings. The molecule has 0 saturated carbocycles. The van der Waals surface area contributed by atoms with Crippen molar-refractivity contribution in [2.24, 2.45) is 5.92 Å². The molecule has 3 nitrogen and oxygen atoms in total. The van der Waals surface area contributed by atoms with E-state index in [1.807, 2.05) is 0 Å². The third-order valence-corrected chi connectivity index (χ3v) is 3.95. The van der Waals surface area contributed by atoms with Crippen molar-refractivity contribution < 1.29 is 13.5 Å². The summed E-state index contributed by atoms with van der Waals surface area (Å²) in [6.07, 6.45) is 1.30. The van der Waals surface area contributed by atoms with Crippen LogP contribution >= 0.6 is 0 Å². The molecular weight excluding hydrogens is 176 g/mol. The monoisotopic (exact) mass is 192 g/mol. The van der Waals surface area contributed by atoms with Crippen LogP contribution in [0.15, 0.2) is 0 Å². The summed E-state index contributed by atoms with van der Waals surface area (Å²) in [5, 5.41) is 9.45. The van der Waals surface area contributed by atoms with E-state index in [2.05, 4.69) is 0 Å². The first-order valence-electron chi connectivity index (χ1n) is 4.21. The van der Waals surface area contributed by atoms with Crippen molar-refractivity contribution >= 4 is 9.84 Å². The van der Waals surface area contributed by atoms with Gasteiger partial charge in [-0.15, -0.1) is 0 Å². The van der Waals surface area contributed by atoms with Gasteiger partial charge in [0.1, 0.15) is 0 Å². The molecule has 1 fully saturated rings. The molecule has 0 aromatic rings. The number of hydrogen-bond donors (Lipinski definition) is 1. The Morgan fingerprint density at radius 3 is 2.42 bits per heavy atom. The van der Waals surface area contributed by atoms with Gasteiger partial charge in [-0.25, -0.2) is 8.42 Å². The van der Waals surface area contributed by atoms with E-state index in [0.29, 0.717) is 18.6 Å². The Bertz CT molecular complexity index is 248. The summed E-state index contributed by atoms with van der Waals surface area (Å²) in [5.74, 6) is 0.722. The smallest absolute Gasteiger partial charge is 0.150 e.